The Morgan fingerprint density at radius 3 is 2.62 bits per heavy atom. The topological polar surface area (TPSA) is 119 Å². The van der Waals surface area contributed by atoms with Crippen molar-refractivity contribution in [3.8, 4) is 11.1 Å². The monoisotopic (exact) mass is 580 g/mol. The number of thiophene rings is 1. The first-order valence-electron chi connectivity index (χ1n) is 11.6. The predicted octanol–water partition coefficient (Wildman–Crippen LogP) is 5.10. The first-order valence-corrected chi connectivity index (χ1v) is 14.3. The number of nitrogens with one attached hydrogen (secondary N) is 2. The van der Waals surface area contributed by atoms with Crippen LogP contribution < -0.4 is 16.2 Å². The number of fused-ring (bicyclic) bond motifs is 1. The van der Waals surface area contributed by atoms with E-state index in [9.17, 15) is 18.8 Å². The van der Waals surface area contributed by atoms with Gasteiger partial charge in [-0.1, -0.05) is 52.9 Å². The van der Waals surface area contributed by atoms with Gasteiger partial charge in [0.05, 0.1) is 17.5 Å². The number of carbonyl (C=O) groups is 2. The molecule has 2 amide bonds. The molecule has 5 rings (SSSR count). The van der Waals surface area contributed by atoms with Gasteiger partial charge in [0.25, 0.3) is 5.56 Å². The maximum atomic E-state index is 13.3. The highest BCUT2D eigenvalue weighted by molar-refractivity contribution is 8.01. The Morgan fingerprint density at radius 1 is 1.05 bits per heavy atom. The molecule has 0 aliphatic carbocycles. The van der Waals surface area contributed by atoms with E-state index < -0.39 is 5.91 Å². The molecule has 0 aliphatic heterocycles. The summed E-state index contributed by atoms with van der Waals surface area (Å²) in [4.78, 5) is 43.0. The van der Waals surface area contributed by atoms with Crippen LogP contribution in [0.15, 0.2) is 63.3 Å². The number of halogens is 1. The number of aromatic nitrogens is 4. The van der Waals surface area contributed by atoms with Crippen molar-refractivity contribution >= 4 is 67.3 Å². The molecular formula is C26H21FN6O3S3. The van der Waals surface area contributed by atoms with Gasteiger partial charge >= 0.3 is 0 Å². The summed E-state index contributed by atoms with van der Waals surface area (Å²) < 4.78 is 15.1. The van der Waals surface area contributed by atoms with Crippen molar-refractivity contribution in [1.29, 1.82) is 0 Å². The highest BCUT2D eigenvalue weighted by Gasteiger charge is 2.16. The number of hydrogen-bond donors (Lipinski definition) is 2. The molecule has 5 aromatic rings. The molecule has 3 heterocycles. The smallest absolute Gasteiger partial charge is 0.263 e. The zero-order chi connectivity index (χ0) is 27.5. The Bertz CT molecular complexity index is 1750. The number of benzene rings is 2. The quantitative estimate of drug-likeness (QED) is 0.194. The van der Waals surface area contributed by atoms with Gasteiger partial charge in [0.2, 0.25) is 16.9 Å². The van der Waals surface area contributed by atoms with E-state index in [0.717, 1.165) is 28.2 Å². The van der Waals surface area contributed by atoms with Crippen LogP contribution >= 0.6 is 34.4 Å². The van der Waals surface area contributed by atoms with Crippen LogP contribution in [-0.2, 0) is 16.1 Å². The predicted molar refractivity (Wildman–Crippen MR) is 153 cm³/mol. The van der Waals surface area contributed by atoms with Crippen molar-refractivity contribution in [3.63, 3.8) is 0 Å². The molecule has 0 spiro atoms. The zero-order valence-electron chi connectivity index (χ0n) is 20.7. The van der Waals surface area contributed by atoms with Gasteiger partial charge in [0, 0.05) is 16.6 Å². The minimum Gasteiger partial charge on any atom is -0.325 e. The third-order valence-electron chi connectivity index (χ3n) is 5.67. The van der Waals surface area contributed by atoms with Crippen LogP contribution in [0.3, 0.4) is 0 Å². The molecule has 2 N–H and O–H groups in total. The number of thioether (sulfide) groups is 1. The lowest BCUT2D eigenvalue weighted by atomic mass is 10.1. The number of aryl methyl sites for hydroxylation is 2. The van der Waals surface area contributed by atoms with E-state index in [1.807, 2.05) is 32.0 Å². The Morgan fingerprint density at radius 2 is 1.85 bits per heavy atom. The Hall–Kier alpha value is -3.94. The van der Waals surface area contributed by atoms with Crippen LogP contribution in [0.5, 0.6) is 0 Å². The largest absolute Gasteiger partial charge is 0.325 e. The standard InChI is InChI=1S/C26H21FN6O3S3/c1-14-3-8-19(15(2)9-14)29-21(35)12-38-26-32-31-25(39-26)30-20(34)10-33-13-28-23-22(24(33)36)18(11-37-23)16-4-6-17(27)7-5-16/h3-9,11,13H,10,12H2,1-2H3,(H,29,35)(H,30,31,34). The van der Waals surface area contributed by atoms with Crippen molar-refractivity contribution in [3.05, 3.63) is 81.5 Å². The number of carbonyl (C=O) groups excluding carboxylic acids is 2. The highest BCUT2D eigenvalue weighted by Crippen LogP contribution is 2.31. The lowest BCUT2D eigenvalue weighted by molar-refractivity contribution is -0.117. The Labute approximate surface area is 234 Å². The second-order valence-electron chi connectivity index (χ2n) is 8.59. The van der Waals surface area contributed by atoms with E-state index in [1.54, 1.807) is 17.5 Å². The summed E-state index contributed by atoms with van der Waals surface area (Å²) in [7, 11) is 0. The van der Waals surface area contributed by atoms with Crippen molar-refractivity contribution in [2.24, 2.45) is 0 Å². The Balaban J connectivity index is 1.20. The van der Waals surface area contributed by atoms with E-state index in [1.165, 1.54) is 46.1 Å². The fourth-order valence-corrected chi connectivity index (χ4v) is 6.30. The third-order valence-corrected chi connectivity index (χ3v) is 8.52. The van der Waals surface area contributed by atoms with Crippen LogP contribution in [0.2, 0.25) is 0 Å². The van der Waals surface area contributed by atoms with Gasteiger partial charge < -0.3 is 5.32 Å². The molecule has 9 nitrogen and oxygen atoms in total. The molecule has 0 unspecified atom stereocenters. The highest BCUT2D eigenvalue weighted by atomic mass is 32.2. The van der Waals surface area contributed by atoms with Crippen molar-refractivity contribution in [2.45, 2.75) is 24.7 Å². The lowest BCUT2D eigenvalue weighted by Gasteiger charge is -2.08. The van der Waals surface area contributed by atoms with E-state index in [-0.39, 0.29) is 34.7 Å². The second kappa shape index (κ2) is 11.4. The molecule has 13 heteroatoms. The van der Waals surface area contributed by atoms with E-state index in [2.05, 4.69) is 25.8 Å². The van der Waals surface area contributed by atoms with Crippen molar-refractivity contribution in [2.75, 3.05) is 16.4 Å². The van der Waals surface area contributed by atoms with Gasteiger partial charge in [-0.15, -0.1) is 21.5 Å². The molecule has 0 radical (unpaired) electrons. The fraction of sp³-hybridized carbons (Fsp3) is 0.154. The van der Waals surface area contributed by atoms with Gasteiger partial charge in [-0.3, -0.25) is 24.3 Å². The molecule has 0 bridgehead atoms. The number of amides is 2. The minimum atomic E-state index is -0.475. The maximum Gasteiger partial charge on any atom is 0.263 e. The molecule has 0 aliphatic rings. The van der Waals surface area contributed by atoms with Gasteiger partial charge in [0.1, 0.15) is 17.2 Å². The first-order chi connectivity index (χ1) is 18.8. The SMILES string of the molecule is Cc1ccc(NC(=O)CSc2nnc(NC(=O)Cn3cnc4scc(-c5ccc(F)cc5)c4c3=O)s2)c(C)c1. The van der Waals surface area contributed by atoms with Gasteiger partial charge in [-0.2, -0.15) is 0 Å². The molecular weight excluding hydrogens is 560 g/mol. The lowest BCUT2D eigenvalue weighted by Crippen LogP contribution is -2.27. The van der Waals surface area contributed by atoms with Crippen LogP contribution in [0, 0.1) is 19.7 Å². The summed E-state index contributed by atoms with van der Waals surface area (Å²) in [5.41, 5.74) is 3.80. The van der Waals surface area contributed by atoms with E-state index >= 15 is 0 Å². The van der Waals surface area contributed by atoms with E-state index in [0.29, 0.717) is 25.7 Å². The number of nitrogens with zero attached hydrogens (tertiary/aromatic N) is 4. The van der Waals surface area contributed by atoms with Gasteiger partial charge in [0.15, 0.2) is 4.34 Å². The Kier molecular flexibility index (Phi) is 7.82. The molecule has 0 atom stereocenters. The number of anilines is 2. The first kappa shape index (κ1) is 26.7. The second-order valence-corrected chi connectivity index (χ2v) is 11.6. The van der Waals surface area contributed by atoms with Crippen LogP contribution in [0.1, 0.15) is 11.1 Å². The van der Waals surface area contributed by atoms with Crippen LogP contribution in [0.4, 0.5) is 15.2 Å². The normalized spacial score (nSPS) is 11.1. The molecule has 2 aromatic carbocycles. The zero-order valence-corrected chi connectivity index (χ0v) is 23.2. The molecule has 0 fully saturated rings. The summed E-state index contributed by atoms with van der Waals surface area (Å²) >= 11 is 3.64. The van der Waals surface area contributed by atoms with Gasteiger partial charge in [-0.05, 0) is 43.2 Å². The molecule has 3 aromatic heterocycles. The van der Waals surface area contributed by atoms with Crippen molar-refractivity contribution in [1.82, 2.24) is 19.7 Å². The molecule has 0 saturated carbocycles. The van der Waals surface area contributed by atoms with Crippen LogP contribution in [0.25, 0.3) is 21.3 Å². The van der Waals surface area contributed by atoms with Crippen molar-refractivity contribution < 1.29 is 14.0 Å². The number of hydrogen-bond acceptors (Lipinski definition) is 9. The maximum absolute atomic E-state index is 13.3. The van der Waals surface area contributed by atoms with Crippen LogP contribution in [-0.4, -0.2) is 37.3 Å². The average molecular weight is 581 g/mol. The summed E-state index contributed by atoms with van der Waals surface area (Å²) in [6, 6.07) is 11.6. The molecule has 39 heavy (non-hydrogen) atoms. The van der Waals surface area contributed by atoms with Gasteiger partial charge in [-0.25, -0.2) is 9.37 Å². The number of rotatable bonds is 8. The summed E-state index contributed by atoms with van der Waals surface area (Å²) in [5, 5.41) is 15.9. The summed E-state index contributed by atoms with van der Waals surface area (Å²) in [6.45, 7) is 3.65. The average Bonchev–Trinajstić information content (AvgIpc) is 3.54. The molecule has 198 valence electrons. The minimum absolute atomic E-state index is 0.133. The summed E-state index contributed by atoms with van der Waals surface area (Å²) in [5.74, 6) is -0.890. The molecule has 0 saturated heterocycles. The van der Waals surface area contributed by atoms with E-state index in [4.69, 9.17) is 0 Å². The fourth-order valence-electron chi connectivity index (χ4n) is 3.82. The summed E-state index contributed by atoms with van der Waals surface area (Å²) in [6.07, 6.45) is 1.32. The third kappa shape index (κ3) is 6.21.